The molecule has 0 aliphatic rings. The molecular formula is C56H33. The summed E-state index contributed by atoms with van der Waals surface area (Å²) in [4.78, 5) is 0. The maximum Gasteiger partial charge on any atom is -0.00139 e. The summed E-state index contributed by atoms with van der Waals surface area (Å²) in [5, 5.41) is 19.9. The molecule has 0 aromatic heterocycles. The van der Waals surface area contributed by atoms with Crippen molar-refractivity contribution in [1.82, 2.24) is 0 Å². The molecule has 1 radical (unpaired) electrons. The zero-order chi connectivity index (χ0) is 36.7. The normalized spacial score (nSPS) is 11.9. The van der Waals surface area contributed by atoms with Crippen molar-refractivity contribution < 1.29 is 0 Å². The van der Waals surface area contributed by atoms with E-state index in [0.29, 0.717) is 0 Å². The van der Waals surface area contributed by atoms with Crippen molar-refractivity contribution in [3.63, 3.8) is 0 Å². The maximum atomic E-state index is 3.90. The van der Waals surface area contributed by atoms with Gasteiger partial charge in [-0.05, 0) is 138 Å². The molecule has 0 aliphatic heterocycles. The fraction of sp³-hybridized carbons (Fsp3) is 0. The van der Waals surface area contributed by atoms with E-state index in [4.69, 9.17) is 0 Å². The third-order valence-electron chi connectivity index (χ3n) is 12.1. The van der Waals surface area contributed by atoms with E-state index in [2.05, 4.69) is 206 Å². The van der Waals surface area contributed by atoms with Crippen molar-refractivity contribution in [2.45, 2.75) is 0 Å². The fourth-order valence-electron chi connectivity index (χ4n) is 9.49. The molecule has 0 unspecified atom stereocenters. The van der Waals surface area contributed by atoms with Crippen LogP contribution in [0.3, 0.4) is 0 Å². The van der Waals surface area contributed by atoms with Crippen LogP contribution in [0.2, 0.25) is 0 Å². The van der Waals surface area contributed by atoms with Gasteiger partial charge in [-0.3, -0.25) is 0 Å². The Hall–Kier alpha value is -7.28. The Morgan fingerprint density at radius 1 is 0.268 bits per heavy atom. The fourth-order valence-corrected chi connectivity index (χ4v) is 9.49. The average molecular weight is 706 g/mol. The standard InChI is InChI=1S/C56H33/c1-5-15-43-35(10-1)21-23-40-32-41(26-27-46(40)43)48-30-31-49-44-16-6-2-11-36(44)25-29-52(49)56(48)42-33-53-45-17-7-3-12-37(45)24-28-50(53)54(34-42)51-19-9-14-39-22-20-38-13-4-8-18-47(38)55(39)51/h1-31,33-34H. The van der Waals surface area contributed by atoms with Crippen LogP contribution in [0, 0.1) is 6.07 Å². The van der Waals surface area contributed by atoms with Gasteiger partial charge in [-0.25, -0.2) is 0 Å². The second kappa shape index (κ2) is 12.1. The lowest BCUT2D eigenvalue weighted by Gasteiger charge is -2.20. The SMILES string of the molecule is [c]1c(-c2ccc3c(ccc4ccccc43)c2-c2cc(-c3cccc4ccc5ccccc5c34)c3ccc4ccccc4c3c2)ccc2c1ccc1ccccc12. The van der Waals surface area contributed by atoms with Crippen molar-refractivity contribution in [2.75, 3.05) is 0 Å². The average Bonchev–Trinajstić information content (AvgIpc) is 3.27. The Labute approximate surface area is 324 Å². The Morgan fingerprint density at radius 2 is 0.804 bits per heavy atom. The second-order valence-electron chi connectivity index (χ2n) is 15.1. The number of hydrogen-bond acceptors (Lipinski definition) is 0. The summed E-state index contributed by atoms with van der Waals surface area (Å²) in [6.45, 7) is 0. The molecule has 0 fully saturated rings. The van der Waals surface area contributed by atoms with Gasteiger partial charge in [0.05, 0.1) is 0 Å². The molecule has 0 saturated carbocycles. The smallest absolute Gasteiger partial charge is 0.00139 e. The van der Waals surface area contributed by atoms with Crippen LogP contribution in [0.1, 0.15) is 0 Å². The molecule has 0 amide bonds. The number of hydrogen-bond donors (Lipinski definition) is 0. The molecule has 56 heavy (non-hydrogen) atoms. The van der Waals surface area contributed by atoms with Crippen LogP contribution in [0.4, 0.5) is 0 Å². The summed E-state index contributed by atoms with van der Waals surface area (Å²) in [5.41, 5.74) is 7.18. The van der Waals surface area contributed by atoms with Crippen LogP contribution in [-0.4, -0.2) is 0 Å². The lowest BCUT2D eigenvalue weighted by atomic mass is 9.83. The zero-order valence-electron chi connectivity index (χ0n) is 30.6. The van der Waals surface area contributed by atoms with Gasteiger partial charge in [-0.2, -0.15) is 0 Å². The summed E-state index contributed by atoms with van der Waals surface area (Å²) >= 11 is 0. The molecule has 12 aromatic rings. The van der Waals surface area contributed by atoms with Crippen molar-refractivity contribution in [3.8, 4) is 33.4 Å². The largest absolute Gasteiger partial charge is 0.0616 e. The van der Waals surface area contributed by atoms with Crippen molar-refractivity contribution in [1.29, 1.82) is 0 Å². The van der Waals surface area contributed by atoms with Gasteiger partial charge in [0.1, 0.15) is 0 Å². The van der Waals surface area contributed by atoms with Gasteiger partial charge < -0.3 is 0 Å². The molecule has 0 saturated heterocycles. The molecule has 12 aromatic carbocycles. The van der Waals surface area contributed by atoms with Crippen LogP contribution in [-0.2, 0) is 0 Å². The van der Waals surface area contributed by atoms with E-state index in [1.54, 1.807) is 0 Å². The molecule has 12 rings (SSSR count). The first-order valence-corrected chi connectivity index (χ1v) is 19.4. The Morgan fingerprint density at radius 3 is 1.55 bits per heavy atom. The monoisotopic (exact) mass is 705 g/mol. The molecule has 0 aliphatic carbocycles. The highest BCUT2D eigenvalue weighted by Crippen LogP contribution is 2.46. The summed E-state index contributed by atoms with van der Waals surface area (Å²) in [6, 6.07) is 78.1. The third-order valence-corrected chi connectivity index (χ3v) is 12.1. The van der Waals surface area contributed by atoms with Crippen LogP contribution >= 0.6 is 0 Å². The summed E-state index contributed by atoms with van der Waals surface area (Å²) < 4.78 is 0. The van der Waals surface area contributed by atoms with Gasteiger partial charge >= 0.3 is 0 Å². The zero-order valence-corrected chi connectivity index (χ0v) is 30.6. The van der Waals surface area contributed by atoms with Gasteiger partial charge in [0.25, 0.3) is 0 Å². The van der Waals surface area contributed by atoms with Crippen LogP contribution in [0.25, 0.3) is 120 Å². The second-order valence-corrected chi connectivity index (χ2v) is 15.1. The van der Waals surface area contributed by atoms with Crippen LogP contribution < -0.4 is 0 Å². The Bertz CT molecular complexity index is 3590. The topological polar surface area (TPSA) is 0 Å². The van der Waals surface area contributed by atoms with E-state index in [0.717, 1.165) is 10.9 Å². The summed E-state index contributed by atoms with van der Waals surface area (Å²) in [5.74, 6) is 0. The maximum absolute atomic E-state index is 3.90. The van der Waals surface area contributed by atoms with Gasteiger partial charge in [0, 0.05) is 0 Å². The highest BCUT2D eigenvalue weighted by Gasteiger charge is 2.19. The number of benzene rings is 12. The number of rotatable bonds is 3. The van der Waals surface area contributed by atoms with Gasteiger partial charge in [-0.1, -0.05) is 188 Å². The van der Waals surface area contributed by atoms with Crippen molar-refractivity contribution in [2.24, 2.45) is 0 Å². The van der Waals surface area contributed by atoms with E-state index in [-0.39, 0.29) is 0 Å². The Kier molecular flexibility index (Phi) is 6.73. The molecule has 0 spiro atoms. The molecule has 0 heterocycles. The Balaban J connectivity index is 1.23. The van der Waals surface area contributed by atoms with E-state index < -0.39 is 0 Å². The highest BCUT2D eigenvalue weighted by molar-refractivity contribution is 6.22. The molecular weight excluding hydrogens is 673 g/mol. The lowest BCUT2D eigenvalue weighted by Crippen LogP contribution is -1.93. The summed E-state index contributed by atoms with van der Waals surface area (Å²) in [6.07, 6.45) is 0. The summed E-state index contributed by atoms with van der Waals surface area (Å²) in [7, 11) is 0. The van der Waals surface area contributed by atoms with Gasteiger partial charge in [0.15, 0.2) is 0 Å². The van der Waals surface area contributed by atoms with Crippen LogP contribution in [0.5, 0.6) is 0 Å². The van der Waals surface area contributed by atoms with Crippen molar-refractivity contribution in [3.05, 3.63) is 206 Å². The van der Waals surface area contributed by atoms with E-state index in [1.165, 1.54) is 109 Å². The highest BCUT2D eigenvalue weighted by atomic mass is 14.2. The van der Waals surface area contributed by atoms with Crippen molar-refractivity contribution >= 4 is 86.2 Å². The minimum Gasteiger partial charge on any atom is -0.0616 e. The molecule has 257 valence electrons. The molecule has 0 atom stereocenters. The van der Waals surface area contributed by atoms with E-state index >= 15 is 0 Å². The predicted octanol–water partition coefficient (Wildman–Crippen LogP) is 15.7. The lowest BCUT2D eigenvalue weighted by molar-refractivity contribution is 1.64. The molecule has 0 N–H and O–H groups in total. The first kappa shape index (κ1) is 31.1. The van der Waals surface area contributed by atoms with Gasteiger partial charge in [0.2, 0.25) is 0 Å². The van der Waals surface area contributed by atoms with Crippen LogP contribution in [0.15, 0.2) is 200 Å². The molecule has 0 bridgehead atoms. The molecule has 0 nitrogen and oxygen atoms in total. The first-order valence-electron chi connectivity index (χ1n) is 19.4. The van der Waals surface area contributed by atoms with E-state index in [1.807, 2.05) is 0 Å². The molecule has 0 heteroatoms. The minimum atomic E-state index is 1.09. The number of fused-ring (bicyclic) bond motifs is 12. The quantitative estimate of drug-likeness (QED) is 0.161. The third kappa shape index (κ3) is 4.66. The minimum absolute atomic E-state index is 1.09. The predicted molar refractivity (Wildman–Crippen MR) is 242 cm³/mol. The first-order chi connectivity index (χ1) is 27.8. The van der Waals surface area contributed by atoms with Gasteiger partial charge in [-0.15, -0.1) is 0 Å². The van der Waals surface area contributed by atoms with E-state index in [9.17, 15) is 0 Å².